The molecule has 1 saturated heterocycles. The molecule has 9 heavy (non-hydrogen) atoms. The molecule has 1 heterocycles. The van der Waals surface area contributed by atoms with Crippen LogP contribution in [0.3, 0.4) is 0 Å². The van der Waals surface area contributed by atoms with Crippen molar-refractivity contribution >= 4 is 0 Å². The van der Waals surface area contributed by atoms with Crippen molar-refractivity contribution in [2.45, 2.75) is 38.4 Å². The molecule has 0 spiro atoms. The minimum Gasteiger partial charge on any atom is -0.368 e. The predicted octanol–water partition coefficient (Wildman–Crippen LogP) is 2.13. The molecule has 0 aromatic heterocycles. The van der Waals surface area contributed by atoms with E-state index in [9.17, 15) is 0 Å². The van der Waals surface area contributed by atoms with Crippen LogP contribution in [0.15, 0.2) is 12.7 Å². The molecule has 0 amide bonds. The van der Waals surface area contributed by atoms with Crippen LogP contribution in [-0.4, -0.2) is 11.7 Å². The zero-order valence-electron chi connectivity index (χ0n) is 6.18. The molecule has 1 rings (SSSR count). The first kappa shape index (κ1) is 6.81. The Hall–Kier alpha value is -0.300. The molecular formula is C8H14O. The topological polar surface area (TPSA) is 9.23 Å². The summed E-state index contributed by atoms with van der Waals surface area (Å²) >= 11 is 0. The smallest absolute Gasteiger partial charge is 0.0761 e. The minimum absolute atomic E-state index is 0.0961. The molecule has 0 aliphatic carbocycles. The van der Waals surface area contributed by atoms with E-state index < -0.39 is 0 Å². The van der Waals surface area contributed by atoms with E-state index in [0.717, 1.165) is 12.8 Å². The van der Waals surface area contributed by atoms with Crippen LogP contribution < -0.4 is 0 Å². The van der Waals surface area contributed by atoms with Crippen LogP contribution in [0.5, 0.6) is 0 Å². The Balaban J connectivity index is 2.47. The minimum atomic E-state index is 0.0961. The highest BCUT2D eigenvalue weighted by Crippen LogP contribution is 2.29. The average Bonchev–Trinajstić information content (AvgIpc) is 2.10. The molecule has 0 aromatic rings. The largest absolute Gasteiger partial charge is 0.368 e. The van der Waals surface area contributed by atoms with E-state index in [1.54, 1.807) is 0 Å². The molecule has 0 saturated carbocycles. The van der Waals surface area contributed by atoms with Crippen LogP contribution in [0.4, 0.5) is 0 Å². The van der Waals surface area contributed by atoms with Gasteiger partial charge in [-0.2, -0.15) is 0 Å². The second kappa shape index (κ2) is 2.14. The van der Waals surface area contributed by atoms with Gasteiger partial charge in [0, 0.05) is 0 Å². The molecule has 52 valence electrons. The van der Waals surface area contributed by atoms with Gasteiger partial charge in [-0.1, -0.05) is 6.08 Å². The molecule has 1 aliphatic heterocycles. The Bertz CT molecular complexity index is 116. The number of rotatable bonds is 1. The van der Waals surface area contributed by atoms with Gasteiger partial charge in [-0.25, -0.2) is 0 Å². The van der Waals surface area contributed by atoms with Crippen molar-refractivity contribution in [1.29, 1.82) is 0 Å². The first-order valence-corrected chi connectivity index (χ1v) is 3.44. The molecule has 0 N–H and O–H groups in total. The summed E-state index contributed by atoms with van der Waals surface area (Å²) in [4.78, 5) is 0. The molecule has 1 nitrogen and oxygen atoms in total. The maximum Gasteiger partial charge on any atom is 0.0761 e. The fourth-order valence-electron chi connectivity index (χ4n) is 1.18. The van der Waals surface area contributed by atoms with E-state index in [4.69, 9.17) is 4.74 Å². The van der Waals surface area contributed by atoms with Gasteiger partial charge in [0.25, 0.3) is 0 Å². The van der Waals surface area contributed by atoms with E-state index in [2.05, 4.69) is 20.4 Å². The van der Waals surface area contributed by atoms with Crippen molar-refractivity contribution in [3.05, 3.63) is 12.7 Å². The lowest BCUT2D eigenvalue weighted by Gasteiger charge is -2.17. The van der Waals surface area contributed by atoms with Crippen molar-refractivity contribution in [1.82, 2.24) is 0 Å². The number of hydrogen-bond donors (Lipinski definition) is 0. The van der Waals surface area contributed by atoms with E-state index in [1.165, 1.54) is 0 Å². The van der Waals surface area contributed by atoms with E-state index in [-0.39, 0.29) is 5.60 Å². The molecular weight excluding hydrogens is 112 g/mol. The lowest BCUT2D eigenvalue weighted by Crippen LogP contribution is -2.18. The summed E-state index contributed by atoms with van der Waals surface area (Å²) in [6.07, 6.45) is 4.48. The van der Waals surface area contributed by atoms with Crippen molar-refractivity contribution < 1.29 is 4.74 Å². The van der Waals surface area contributed by atoms with Gasteiger partial charge in [-0.3, -0.25) is 0 Å². The lowest BCUT2D eigenvalue weighted by atomic mass is 10.1. The highest BCUT2D eigenvalue weighted by atomic mass is 16.5. The van der Waals surface area contributed by atoms with E-state index in [0.29, 0.717) is 6.10 Å². The molecule has 1 fully saturated rings. The van der Waals surface area contributed by atoms with Crippen LogP contribution in [0, 0.1) is 0 Å². The summed E-state index contributed by atoms with van der Waals surface area (Å²) in [5.41, 5.74) is 0.0961. The summed E-state index contributed by atoms with van der Waals surface area (Å²) < 4.78 is 5.58. The van der Waals surface area contributed by atoms with Crippen molar-refractivity contribution in [2.75, 3.05) is 0 Å². The van der Waals surface area contributed by atoms with Crippen LogP contribution in [-0.2, 0) is 4.74 Å². The molecule has 0 radical (unpaired) electrons. The summed E-state index contributed by atoms with van der Waals surface area (Å²) in [5.74, 6) is 0. The summed E-state index contributed by atoms with van der Waals surface area (Å²) in [6, 6.07) is 0. The normalized spacial score (nSPS) is 32.4. The Morgan fingerprint density at radius 3 is 2.56 bits per heavy atom. The van der Waals surface area contributed by atoms with Crippen LogP contribution in [0.25, 0.3) is 0 Å². The molecule has 1 heteroatoms. The lowest BCUT2D eigenvalue weighted by molar-refractivity contribution is 0.00535. The first-order valence-electron chi connectivity index (χ1n) is 3.44. The molecule has 0 unspecified atom stereocenters. The van der Waals surface area contributed by atoms with Gasteiger partial charge in [0.2, 0.25) is 0 Å². The maximum atomic E-state index is 5.58. The second-order valence-corrected chi connectivity index (χ2v) is 3.19. The van der Waals surface area contributed by atoms with Crippen molar-refractivity contribution in [3.63, 3.8) is 0 Å². The zero-order valence-corrected chi connectivity index (χ0v) is 6.18. The maximum absolute atomic E-state index is 5.58. The Labute approximate surface area is 56.7 Å². The average molecular weight is 126 g/mol. The van der Waals surface area contributed by atoms with E-state index in [1.807, 2.05) is 6.08 Å². The standard InChI is InChI=1S/C8H14O/c1-4-7-5-6-8(2,3)9-7/h4,7H,1,5-6H2,2-3H3/t7-/m0/s1. The predicted molar refractivity (Wildman–Crippen MR) is 38.4 cm³/mol. The summed E-state index contributed by atoms with van der Waals surface area (Å²) in [6.45, 7) is 7.93. The Morgan fingerprint density at radius 2 is 2.33 bits per heavy atom. The molecule has 0 bridgehead atoms. The second-order valence-electron chi connectivity index (χ2n) is 3.19. The third-order valence-electron chi connectivity index (χ3n) is 1.76. The summed E-state index contributed by atoms with van der Waals surface area (Å²) in [5, 5.41) is 0. The van der Waals surface area contributed by atoms with Gasteiger partial charge >= 0.3 is 0 Å². The van der Waals surface area contributed by atoms with Crippen LogP contribution in [0.2, 0.25) is 0 Å². The van der Waals surface area contributed by atoms with Crippen LogP contribution >= 0.6 is 0 Å². The fourth-order valence-corrected chi connectivity index (χ4v) is 1.18. The van der Waals surface area contributed by atoms with Crippen LogP contribution in [0.1, 0.15) is 26.7 Å². The monoisotopic (exact) mass is 126 g/mol. The van der Waals surface area contributed by atoms with Gasteiger partial charge in [0.05, 0.1) is 11.7 Å². The van der Waals surface area contributed by atoms with E-state index >= 15 is 0 Å². The fraction of sp³-hybridized carbons (Fsp3) is 0.750. The third kappa shape index (κ3) is 1.55. The molecule has 0 aromatic carbocycles. The first-order chi connectivity index (χ1) is 4.14. The van der Waals surface area contributed by atoms with Gasteiger partial charge < -0.3 is 4.74 Å². The Morgan fingerprint density at radius 1 is 1.67 bits per heavy atom. The highest BCUT2D eigenvalue weighted by molar-refractivity contribution is 4.90. The van der Waals surface area contributed by atoms with Crippen molar-refractivity contribution in [2.24, 2.45) is 0 Å². The summed E-state index contributed by atoms with van der Waals surface area (Å²) in [7, 11) is 0. The van der Waals surface area contributed by atoms with Gasteiger partial charge in [0.1, 0.15) is 0 Å². The Kier molecular flexibility index (Phi) is 1.62. The quantitative estimate of drug-likeness (QED) is 0.489. The number of hydrogen-bond acceptors (Lipinski definition) is 1. The highest BCUT2D eigenvalue weighted by Gasteiger charge is 2.29. The SMILES string of the molecule is C=C[C@H]1CCC(C)(C)O1. The van der Waals surface area contributed by atoms with Gasteiger partial charge in [0.15, 0.2) is 0 Å². The van der Waals surface area contributed by atoms with Gasteiger partial charge in [-0.05, 0) is 26.7 Å². The molecule has 1 atom stereocenters. The van der Waals surface area contributed by atoms with Gasteiger partial charge in [-0.15, -0.1) is 6.58 Å². The molecule has 1 aliphatic rings. The number of ether oxygens (including phenoxy) is 1. The third-order valence-corrected chi connectivity index (χ3v) is 1.76. The zero-order chi connectivity index (χ0) is 6.91. The van der Waals surface area contributed by atoms with Crippen molar-refractivity contribution in [3.8, 4) is 0 Å².